The Morgan fingerprint density at radius 1 is 0.719 bits per heavy atom. The maximum Gasteiger partial charge on any atom is 0.341 e. The Morgan fingerprint density at radius 3 is 1.73 bits per heavy atom. The van der Waals surface area contributed by atoms with Gasteiger partial charge in [-0.3, -0.25) is 9.59 Å². The lowest BCUT2D eigenvalue weighted by molar-refractivity contribution is -0.0977. The number of carboxylic acid groups (broad SMARTS) is 2. The minimum Gasteiger partial charge on any atom is -0.491 e. The molecule has 2 atom stereocenters. The molecule has 342 valence electrons. The molecule has 14 nitrogen and oxygen atoms in total. The third-order valence-electron chi connectivity index (χ3n) is 13.5. The van der Waals surface area contributed by atoms with E-state index in [1.54, 1.807) is 26.4 Å². The van der Waals surface area contributed by atoms with Crippen LogP contribution in [0.2, 0.25) is 10.0 Å². The maximum absolute atomic E-state index is 13.0. The molecule has 0 radical (unpaired) electrons. The van der Waals surface area contributed by atoms with Crippen LogP contribution >= 0.6 is 23.2 Å². The van der Waals surface area contributed by atoms with Gasteiger partial charge in [-0.25, -0.2) is 9.59 Å². The van der Waals surface area contributed by atoms with Crippen molar-refractivity contribution in [2.45, 2.75) is 90.5 Å². The predicted molar refractivity (Wildman–Crippen MR) is 240 cm³/mol. The van der Waals surface area contributed by atoms with Gasteiger partial charge in [-0.1, -0.05) is 50.9 Å². The van der Waals surface area contributed by atoms with Crippen molar-refractivity contribution in [3.05, 3.63) is 102 Å². The van der Waals surface area contributed by atoms with Crippen molar-refractivity contribution in [1.29, 1.82) is 0 Å². The molecule has 0 amide bonds. The number of rotatable bonds is 18. The molecule has 2 aromatic heterocycles. The molecular formula is C48H54Cl2N2O12. The number of methoxy groups -OCH3 is 2. The zero-order chi connectivity index (χ0) is 45.9. The lowest BCUT2D eigenvalue weighted by Crippen LogP contribution is -2.39. The Kier molecular flexibility index (Phi) is 12.6. The van der Waals surface area contributed by atoms with Gasteiger partial charge < -0.3 is 47.8 Å². The number of hydrogen-bond donors (Lipinski definition) is 2. The van der Waals surface area contributed by atoms with E-state index in [1.165, 1.54) is 24.5 Å². The molecule has 16 heteroatoms. The van der Waals surface area contributed by atoms with Crippen LogP contribution in [0.25, 0.3) is 22.5 Å². The summed E-state index contributed by atoms with van der Waals surface area (Å²) in [6, 6.07) is 9.63. The molecule has 2 N–H and O–H groups in total. The van der Waals surface area contributed by atoms with E-state index in [0.717, 1.165) is 47.9 Å². The maximum atomic E-state index is 13.0. The topological polar surface area (TPSA) is 174 Å². The normalized spacial score (nSPS) is 20.6. The highest BCUT2D eigenvalue weighted by Gasteiger charge is 2.45. The zero-order valence-corrected chi connectivity index (χ0v) is 38.3. The summed E-state index contributed by atoms with van der Waals surface area (Å²) in [5, 5.41) is 20.4. The number of benzene rings is 2. The summed E-state index contributed by atoms with van der Waals surface area (Å²) >= 11 is 13.6. The van der Waals surface area contributed by atoms with Gasteiger partial charge in [0.25, 0.3) is 0 Å². The summed E-state index contributed by atoms with van der Waals surface area (Å²) in [6.07, 6.45) is 7.35. The molecule has 64 heavy (non-hydrogen) atoms. The number of aromatic carboxylic acids is 2. The van der Waals surface area contributed by atoms with Crippen molar-refractivity contribution in [3.8, 4) is 34.0 Å². The second-order valence-electron chi connectivity index (χ2n) is 19.2. The monoisotopic (exact) mass is 920 g/mol. The molecule has 4 heterocycles. The summed E-state index contributed by atoms with van der Waals surface area (Å²) < 4.78 is 39.6. The molecule has 8 rings (SSSR count). The summed E-state index contributed by atoms with van der Waals surface area (Å²) in [4.78, 5) is 50.0. The molecule has 0 spiro atoms. The Bertz CT molecular complexity index is 2610. The van der Waals surface area contributed by atoms with Crippen molar-refractivity contribution < 1.29 is 48.2 Å². The van der Waals surface area contributed by atoms with Gasteiger partial charge in [0.1, 0.15) is 35.5 Å². The molecule has 4 aliphatic rings. The minimum absolute atomic E-state index is 0.0144. The van der Waals surface area contributed by atoms with Gasteiger partial charge in [0, 0.05) is 91.0 Å². The fourth-order valence-electron chi connectivity index (χ4n) is 9.40. The summed E-state index contributed by atoms with van der Waals surface area (Å²) in [6.45, 7) is 9.63. The van der Waals surface area contributed by atoms with Crippen LogP contribution in [0.1, 0.15) is 97.3 Å². The van der Waals surface area contributed by atoms with Crippen LogP contribution in [0.4, 0.5) is 0 Å². The molecule has 2 aliphatic heterocycles. The molecule has 4 aromatic rings. The Labute approximate surface area is 380 Å². The molecule has 2 fully saturated rings. The van der Waals surface area contributed by atoms with Crippen molar-refractivity contribution in [3.63, 3.8) is 0 Å². The smallest absolute Gasteiger partial charge is 0.341 e. The third kappa shape index (κ3) is 8.97. The number of hydrogen-bond acceptors (Lipinski definition) is 10. The molecule has 2 aromatic carbocycles. The molecule has 0 unspecified atom stereocenters. The van der Waals surface area contributed by atoms with Crippen molar-refractivity contribution >= 4 is 35.1 Å². The summed E-state index contributed by atoms with van der Waals surface area (Å²) in [5.74, 6) is -1.51. The van der Waals surface area contributed by atoms with E-state index in [2.05, 4.69) is 0 Å². The van der Waals surface area contributed by atoms with E-state index in [0.29, 0.717) is 65.6 Å². The first-order valence-electron chi connectivity index (χ1n) is 21.4. The minimum atomic E-state index is -1.30. The largest absolute Gasteiger partial charge is 0.491 e. The number of halogens is 2. The fraction of sp³-hybridized carbons (Fsp3) is 0.500. The first-order chi connectivity index (χ1) is 30.3. The van der Waals surface area contributed by atoms with E-state index >= 15 is 0 Å². The lowest BCUT2D eigenvalue weighted by Gasteiger charge is -2.41. The van der Waals surface area contributed by atoms with E-state index in [-0.39, 0.29) is 54.2 Å². The highest BCUT2D eigenvalue weighted by Crippen LogP contribution is 2.50. The second kappa shape index (κ2) is 17.6. The van der Waals surface area contributed by atoms with Crippen molar-refractivity contribution in [1.82, 2.24) is 9.13 Å². The number of nitrogens with zero attached hydrogens (tertiary/aromatic N) is 2. The summed E-state index contributed by atoms with van der Waals surface area (Å²) in [5.41, 5.74) is 1.50. The van der Waals surface area contributed by atoms with Crippen molar-refractivity contribution in [2.24, 2.45) is 16.2 Å². The number of carbonyl (C=O) groups is 2. The number of pyridine rings is 2. The SMILES string of the molecule is COCC(C)(C)[C@@H]1Cc2cc(OCC3(COCOCC(C)(C)[C@@H]4Cc5cc(O[C@H]6C[C@H](OC)C6)c(Cl)cc5-c5cc(=O)c(C(=O)O)cn54)CC3)c(Cl)cc2-c2cc(=O)c(C(=O)O)cn21. The quantitative estimate of drug-likeness (QED) is 0.0723. The zero-order valence-electron chi connectivity index (χ0n) is 36.8. The number of fused-ring (bicyclic) bond motifs is 6. The van der Waals surface area contributed by atoms with Gasteiger partial charge in [0.15, 0.2) is 10.9 Å². The molecular weight excluding hydrogens is 867 g/mol. The predicted octanol–water partition coefficient (Wildman–Crippen LogP) is 8.35. The highest BCUT2D eigenvalue weighted by molar-refractivity contribution is 6.32. The van der Waals surface area contributed by atoms with Gasteiger partial charge in [-0.05, 0) is 61.1 Å². The van der Waals surface area contributed by atoms with E-state index < -0.39 is 33.6 Å². The van der Waals surface area contributed by atoms with E-state index in [9.17, 15) is 29.4 Å². The Morgan fingerprint density at radius 2 is 1.23 bits per heavy atom. The van der Waals surface area contributed by atoms with Gasteiger partial charge >= 0.3 is 11.9 Å². The van der Waals surface area contributed by atoms with Crippen molar-refractivity contribution in [2.75, 3.05) is 47.4 Å². The van der Waals surface area contributed by atoms with Gasteiger partial charge in [0.05, 0.1) is 54.0 Å². The Balaban J connectivity index is 0.924. The number of carboxylic acids is 2. The van der Waals surface area contributed by atoms with E-state index in [1.807, 2.05) is 49.0 Å². The van der Waals surface area contributed by atoms with Gasteiger partial charge in [0.2, 0.25) is 0 Å². The fourth-order valence-corrected chi connectivity index (χ4v) is 9.83. The van der Waals surface area contributed by atoms with Crippen LogP contribution in [0, 0.1) is 16.2 Å². The number of aromatic nitrogens is 2. The molecule has 0 saturated heterocycles. The standard InChI is InChI=1S/C48H54Cl2N2O12/c1-46(2,21-59-5)42-11-26-9-40(34(49)15-30(26)36-17-38(53)32(44(55)56)19-51(36)42)63-24-48(7-8-48)23-62-25-61-22-47(3,4)43-12-27-10-41(64-29-13-28(14-29)60-6)35(50)16-31(27)37-18-39(54)33(45(57)58)20-52(37)43/h9-10,15-20,28-29,42-43H,7-8,11-14,21-25H2,1-6H3,(H,55,56)(H,57,58)/t28-,29-,42-,43-/m0/s1. The average molecular weight is 922 g/mol. The molecule has 0 bridgehead atoms. The molecule has 2 saturated carbocycles. The highest BCUT2D eigenvalue weighted by atomic mass is 35.5. The average Bonchev–Trinajstić information content (AvgIpc) is 3.99. The van der Waals surface area contributed by atoms with E-state index in [4.69, 9.17) is 51.6 Å². The summed E-state index contributed by atoms with van der Waals surface area (Å²) in [7, 11) is 3.31. The first kappa shape index (κ1) is 45.9. The van der Waals surface area contributed by atoms with Gasteiger partial charge in [-0.2, -0.15) is 0 Å². The van der Waals surface area contributed by atoms with Crippen LogP contribution < -0.4 is 20.3 Å². The van der Waals surface area contributed by atoms with Gasteiger partial charge in [-0.15, -0.1) is 0 Å². The first-order valence-corrected chi connectivity index (χ1v) is 22.2. The van der Waals surface area contributed by atoms with Crippen LogP contribution in [0.15, 0.2) is 58.4 Å². The second-order valence-corrected chi connectivity index (χ2v) is 20.0. The van der Waals surface area contributed by atoms with Crippen LogP contribution in [-0.4, -0.2) is 90.9 Å². The molecule has 2 aliphatic carbocycles. The Hall–Kier alpha value is -4.70. The number of ether oxygens (including phenoxy) is 6. The van der Waals surface area contributed by atoms with Crippen LogP contribution in [0.5, 0.6) is 11.5 Å². The lowest BCUT2D eigenvalue weighted by atomic mass is 9.77. The third-order valence-corrected chi connectivity index (χ3v) is 14.1. The van der Waals surface area contributed by atoms with Crippen LogP contribution in [0.3, 0.4) is 0 Å². The van der Waals surface area contributed by atoms with Crippen LogP contribution in [-0.2, 0) is 31.8 Å².